The van der Waals surface area contributed by atoms with Gasteiger partial charge in [-0.05, 0) is 6.42 Å². The molecule has 0 fully saturated rings. The third kappa shape index (κ3) is 3.02. The van der Waals surface area contributed by atoms with Crippen LogP contribution >= 0.6 is 0 Å². The summed E-state index contributed by atoms with van der Waals surface area (Å²) in [5, 5.41) is 0. The Morgan fingerprint density at radius 1 is 0.724 bits per heavy atom. The van der Waals surface area contributed by atoms with Gasteiger partial charge < -0.3 is 4.99 Å². The number of allylic oxidation sites excluding steroid dienone is 2. The van der Waals surface area contributed by atoms with Crippen molar-refractivity contribution >= 4 is 5.71 Å². The molecule has 2 aliphatic rings. The molecular weight excluding hydrogens is 628 g/mol. The second kappa shape index (κ2) is 6.79. The van der Waals surface area contributed by atoms with Crippen molar-refractivity contribution in [2.24, 2.45) is 15.8 Å². The maximum atomic E-state index is 14.1. The minimum Gasteiger partial charge on any atom is -0.383 e. The monoisotopic (exact) mass is 635 g/mol. The van der Waals surface area contributed by atoms with Crippen molar-refractivity contribution in [1.29, 1.82) is 0 Å². The van der Waals surface area contributed by atoms with Gasteiger partial charge in [-0.25, -0.2) is 8.78 Å². The van der Waals surface area contributed by atoms with Gasteiger partial charge in [-0.3, -0.25) is 0 Å². The molecule has 0 spiro atoms. The molecule has 0 saturated carbocycles. The van der Waals surface area contributed by atoms with Crippen molar-refractivity contribution in [3.05, 3.63) is 11.6 Å². The minimum absolute atomic E-state index is 0. The van der Waals surface area contributed by atoms with Gasteiger partial charge in [-0.2, -0.15) is 64.3 Å². The van der Waals surface area contributed by atoms with Gasteiger partial charge in [0, 0.05) is 26.7 Å². The zero-order valence-corrected chi connectivity index (χ0v) is 15.6. The van der Waals surface area contributed by atoms with E-state index in [0.717, 1.165) is 0 Å². The molecule has 0 amide bonds. The summed E-state index contributed by atoms with van der Waals surface area (Å²) in [7, 11) is 0. The first-order valence-corrected chi connectivity index (χ1v) is 7.04. The predicted octanol–water partition coefficient (Wildman–Crippen LogP) is 5.82. The van der Waals surface area contributed by atoms with E-state index in [4.69, 9.17) is 0 Å². The molecule has 0 aromatic heterocycles. The Balaban J connectivity index is 0.00000420. The van der Waals surface area contributed by atoms with E-state index in [0.29, 0.717) is 0 Å². The van der Waals surface area contributed by atoms with E-state index in [9.17, 15) is 61.5 Å². The quantitative estimate of drug-likeness (QED) is 0.255. The van der Waals surface area contributed by atoms with Gasteiger partial charge >= 0.3 is 24.7 Å². The molecule has 1 aliphatic heterocycles. The van der Waals surface area contributed by atoms with Crippen LogP contribution in [0.15, 0.2) is 10.6 Å². The Morgan fingerprint density at radius 2 is 1.14 bits per heavy atom. The third-order valence-corrected chi connectivity index (χ3v) is 4.55. The van der Waals surface area contributed by atoms with Crippen LogP contribution in [0.4, 0.5) is 61.5 Å². The summed E-state index contributed by atoms with van der Waals surface area (Å²) >= 11 is 0. The van der Waals surface area contributed by atoms with Crippen molar-refractivity contribution in [2.75, 3.05) is 6.54 Å². The van der Waals surface area contributed by atoms with Crippen LogP contribution in [0.25, 0.3) is 0 Å². The standard InChI is InChI=1S/C13H6F14N.Ir/c14-7(15)4-5(6-2-1-3-28-6)8(10(16,17)18,11(19,20)21)9(7,12(22,23)24)13(25,26)27;/h1-3H2;/q-1;. The average Bonchev–Trinajstić information content (AvgIpc) is 2.95. The Morgan fingerprint density at radius 3 is 1.41 bits per heavy atom. The van der Waals surface area contributed by atoms with E-state index >= 15 is 0 Å². The molecule has 0 bridgehead atoms. The van der Waals surface area contributed by atoms with Crippen molar-refractivity contribution in [2.45, 2.75) is 43.5 Å². The van der Waals surface area contributed by atoms with Crippen LogP contribution in [0.2, 0.25) is 0 Å². The number of hydrogen-bond acceptors (Lipinski definition) is 1. The van der Waals surface area contributed by atoms with E-state index in [1.165, 1.54) is 0 Å². The summed E-state index contributed by atoms with van der Waals surface area (Å²) in [5.41, 5.74) is -19.2. The summed E-state index contributed by atoms with van der Waals surface area (Å²) in [4.78, 5) is 2.98. The largest absolute Gasteiger partial charge is 0.409 e. The molecule has 1 aliphatic carbocycles. The Hall–Kier alpha value is -0.921. The zero-order chi connectivity index (χ0) is 22.2. The third-order valence-electron chi connectivity index (χ3n) is 4.55. The van der Waals surface area contributed by atoms with Crippen molar-refractivity contribution < 1.29 is 81.6 Å². The van der Waals surface area contributed by atoms with Gasteiger partial charge in [0.1, 0.15) is 0 Å². The fourth-order valence-corrected chi connectivity index (χ4v) is 3.61. The first kappa shape index (κ1) is 26.1. The number of nitrogens with zero attached hydrogens (tertiary/aromatic N) is 1. The van der Waals surface area contributed by atoms with Gasteiger partial charge in [-0.15, -0.1) is 5.71 Å². The topological polar surface area (TPSA) is 12.4 Å². The molecule has 1 radical (unpaired) electrons. The summed E-state index contributed by atoms with van der Waals surface area (Å²) in [6, 6.07) is 0. The molecule has 29 heavy (non-hydrogen) atoms. The first-order chi connectivity index (χ1) is 12.2. The van der Waals surface area contributed by atoms with E-state index < -0.39 is 65.7 Å². The van der Waals surface area contributed by atoms with E-state index in [1.807, 2.05) is 0 Å². The fraction of sp³-hybridized carbons (Fsp3) is 0.769. The molecule has 2 rings (SSSR count). The molecule has 171 valence electrons. The second-order valence-corrected chi connectivity index (χ2v) is 6.00. The number of rotatable bonds is 1. The number of alkyl halides is 14. The van der Waals surface area contributed by atoms with Gasteiger partial charge in [0.2, 0.25) is 11.3 Å². The van der Waals surface area contributed by atoms with Gasteiger partial charge in [0.05, 0.1) is 0 Å². The molecule has 0 unspecified atom stereocenters. The van der Waals surface area contributed by atoms with Crippen molar-refractivity contribution in [3.63, 3.8) is 0 Å². The van der Waals surface area contributed by atoms with Crippen molar-refractivity contribution in [1.82, 2.24) is 0 Å². The van der Waals surface area contributed by atoms with E-state index in [-0.39, 0.29) is 32.6 Å². The van der Waals surface area contributed by atoms with Crippen LogP contribution in [0.3, 0.4) is 0 Å². The Kier molecular flexibility index (Phi) is 6.11. The van der Waals surface area contributed by atoms with E-state index in [2.05, 4.69) is 4.99 Å². The van der Waals surface area contributed by atoms with E-state index in [1.54, 1.807) is 0 Å². The van der Waals surface area contributed by atoms with Gasteiger partial charge in [0.25, 0.3) is 0 Å². The summed E-state index contributed by atoms with van der Waals surface area (Å²) in [6.07, 6.45) is -31.8. The van der Waals surface area contributed by atoms with Crippen LogP contribution in [0.5, 0.6) is 0 Å². The average molecular weight is 634 g/mol. The SMILES string of the molecule is FC(F)(F)C1(C(F)(F)F)C(C2=NCCC2)=[C-]C(F)(F)C1(C(F)(F)F)C(F)(F)F.[Ir]. The van der Waals surface area contributed by atoms with Gasteiger partial charge in [-0.1, -0.05) is 6.42 Å². The van der Waals surface area contributed by atoms with Crippen LogP contribution < -0.4 is 0 Å². The number of hydrogen-bond donors (Lipinski definition) is 0. The first-order valence-electron chi connectivity index (χ1n) is 7.04. The van der Waals surface area contributed by atoms with Crippen molar-refractivity contribution in [3.8, 4) is 0 Å². The molecule has 1 nitrogen and oxygen atoms in total. The van der Waals surface area contributed by atoms with Crippen LogP contribution in [0, 0.1) is 16.9 Å². The van der Waals surface area contributed by atoms with Crippen LogP contribution in [0.1, 0.15) is 12.8 Å². The maximum absolute atomic E-state index is 14.1. The molecule has 0 aromatic rings. The molecule has 0 saturated heterocycles. The predicted molar refractivity (Wildman–Crippen MR) is 62.3 cm³/mol. The summed E-state index contributed by atoms with van der Waals surface area (Å²) < 4.78 is 189. The molecule has 16 heteroatoms. The smallest absolute Gasteiger partial charge is 0.383 e. The normalized spacial score (nSPS) is 24.1. The molecule has 0 N–H and O–H groups in total. The molecule has 0 atom stereocenters. The number of aliphatic imine (C=N–C) groups is 1. The number of halogens is 14. The Bertz CT molecular complexity index is 677. The molecular formula is C13H6F14IrN-. The Labute approximate surface area is 165 Å². The zero-order valence-electron chi connectivity index (χ0n) is 13.2. The molecule has 0 aromatic carbocycles. The fourth-order valence-electron chi connectivity index (χ4n) is 3.61. The van der Waals surface area contributed by atoms with Crippen LogP contribution in [-0.4, -0.2) is 42.9 Å². The van der Waals surface area contributed by atoms with Gasteiger partial charge in [0.15, 0.2) is 5.41 Å². The maximum Gasteiger partial charge on any atom is 0.409 e. The molecule has 1 heterocycles. The summed E-state index contributed by atoms with van der Waals surface area (Å²) in [5.74, 6) is -6.75. The second-order valence-electron chi connectivity index (χ2n) is 6.00. The van der Waals surface area contributed by atoms with Crippen LogP contribution in [-0.2, 0) is 20.1 Å². The summed E-state index contributed by atoms with van der Waals surface area (Å²) in [6.45, 7) is -0.567. The minimum atomic E-state index is -7.73.